The Labute approximate surface area is 274 Å². The third-order valence-electron chi connectivity index (χ3n) is 6.98. The maximum atomic E-state index is 13.5. The molecule has 0 bridgehead atoms. The average molecular weight is 675 g/mol. The lowest BCUT2D eigenvalue weighted by Gasteiger charge is -2.12. The van der Waals surface area contributed by atoms with Crippen LogP contribution in [0.5, 0.6) is 5.75 Å². The van der Waals surface area contributed by atoms with E-state index in [2.05, 4.69) is 25.6 Å². The van der Waals surface area contributed by atoms with Crippen LogP contribution in [-0.2, 0) is 22.9 Å². The lowest BCUT2D eigenvalue weighted by atomic mass is 10.2. The zero-order valence-corrected chi connectivity index (χ0v) is 26.7. The summed E-state index contributed by atoms with van der Waals surface area (Å²) < 4.78 is 44.2. The molecule has 0 amide bonds. The predicted molar refractivity (Wildman–Crippen MR) is 179 cm³/mol. The highest BCUT2D eigenvalue weighted by molar-refractivity contribution is 7.91. The molecule has 3 aromatic heterocycles. The van der Waals surface area contributed by atoms with E-state index < -0.39 is 9.84 Å². The topological polar surface area (TPSA) is 119 Å². The number of aromatic nitrogens is 4. The van der Waals surface area contributed by atoms with E-state index in [1.807, 2.05) is 17.5 Å². The molecule has 0 aliphatic heterocycles. The Balaban J connectivity index is 1.08. The molecule has 0 fully saturated rings. The van der Waals surface area contributed by atoms with Crippen LogP contribution in [0.2, 0.25) is 5.02 Å². The second-order valence-electron chi connectivity index (χ2n) is 10.3. The number of ether oxygens (including phenoxy) is 1. The Morgan fingerprint density at radius 2 is 1.78 bits per heavy atom. The van der Waals surface area contributed by atoms with Crippen LogP contribution in [0.25, 0.3) is 22.3 Å². The van der Waals surface area contributed by atoms with Crippen LogP contribution in [0.3, 0.4) is 0 Å². The Bertz CT molecular complexity index is 2080. The van der Waals surface area contributed by atoms with Crippen LogP contribution in [0.15, 0.2) is 102 Å². The summed E-state index contributed by atoms with van der Waals surface area (Å²) in [5, 5.41) is 10.5. The van der Waals surface area contributed by atoms with Gasteiger partial charge >= 0.3 is 0 Å². The number of hydrogen-bond acceptors (Lipinski definition) is 10. The van der Waals surface area contributed by atoms with Crippen molar-refractivity contribution in [3.63, 3.8) is 0 Å². The third-order valence-corrected chi connectivity index (χ3v) is 9.92. The first-order valence-corrected chi connectivity index (χ1v) is 17.2. The molecular weight excluding hydrogens is 647 g/mol. The van der Waals surface area contributed by atoms with Gasteiger partial charge in [0.05, 0.1) is 43.8 Å². The Hall–Kier alpha value is -4.49. The molecule has 0 aliphatic rings. The van der Waals surface area contributed by atoms with Crippen LogP contribution in [0.1, 0.15) is 10.6 Å². The largest absolute Gasteiger partial charge is 0.487 e. The molecule has 234 valence electrons. The summed E-state index contributed by atoms with van der Waals surface area (Å²) in [6, 6.07) is 21.9. The molecule has 9 nitrogen and oxygen atoms in total. The molecule has 0 aliphatic carbocycles. The predicted octanol–water partition coefficient (Wildman–Crippen LogP) is 6.87. The Morgan fingerprint density at radius 1 is 0.913 bits per heavy atom. The molecule has 2 N–H and O–H groups in total. The number of nitrogens with zero attached hydrogens (tertiary/aromatic N) is 4. The van der Waals surface area contributed by atoms with Gasteiger partial charge < -0.3 is 15.4 Å². The maximum absolute atomic E-state index is 13.5. The van der Waals surface area contributed by atoms with E-state index in [0.717, 1.165) is 16.1 Å². The molecule has 0 saturated carbocycles. The van der Waals surface area contributed by atoms with Gasteiger partial charge in [0.2, 0.25) is 0 Å². The van der Waals surface area contributed by atoms with Crippen molar-refractivity contribution in [2.24, 2.45) is 0 Å². The summed E-state index contributed by atoms with van der Waals surface area (Å²) in [5.41, 5.74) is 3.46. The summed E-state index contributed by atoms with van der Waals surface area (Å²) in [6.07, 6.45) is 3.80. The zero-order chi connectivity index (χ0) is 31.9. The normalized spacial score (nSPS) is 11.5. The van der Waals surface area contributed by atoms with Crippen LogP contribution in [0, 0.1) is 5.82 Å². The highest BCUT2D eigenvalue weighted by Gasteiger charge is 2.14. The van der Waals surface area contributed by atoms with Crippen molar-refractivity contribution in [3.05, 3.63) is 118 Å². The molecule has 6 aromatic rings. The highest BCUT2D eigenvalue weighted by atomic mass is 35.5. The second-order valence-corrected chi connectivity index (χ2v) is 13.7. The fraction of sp³-hybridized carbons (Fsp3) is 0.152. The SMILES string of the molecule is O=S(=O)(CCNCCc1nc(-c2cc3c(Nc4ccc(OCc5cccc(F)c5)c(Cl)c4)ncnc3cn2)cs1)c1ccccc1. The molecule has 0 radical (unpaired) electrons. The van der Waals surface area contributed by atoms with E-state index in [1.54, 1.807) is 60.8 Å². The number of benzene rings is 3. The fourth-order valence-electron chi connectivity index (χ4n) is 4.63. The summed E-state index contributed by atoms with van der Waals surface area (Å²) in [5.74, 6) is 0.752. The summed E-state index contributed by atoms with van der Waals surface area (Å²) in [6.45, 7) is 1.14. The number of sulfone groups is 1. The quantitative estimate of drug-likeness (QED) is 0.127. The number of rotatable bonds is 13. The van der Waals surface area contributed by atoms with Gasteiger partial charge in [-0.1, -0.05) is 41.9 Å². The lowest BCUT2D eigenvalue weighted by molar-refractivity contribution is 0.306. The van der Waals surface area contributed by atoms with Crippen molar-refractivity contribution >= 4 is 55.2 Å². The van der Waals surface area contributed by atoms with Gasteiger partial charge in [-0.05, 0) is 54.1 Å². The number of fused-ring (bicyclic) bond motifs is 1. The Kier molecular flexibility index (Phi) is 9.79. The number of halogens is 2. The number of hydrogen-bond donors (Lipinski definition) is 2. The van der Waals surface area contributed by atoms with E-state index in [1.165, 1.54) is 29.8 Å². The van der Waals surface area contributed by atoms with Gasteiger partial charge in [-0.15, -0.1) is 11.3 Å². The molecule has 0 atom stereocenters. The average Bonchev–Trinajstić information content (AvgIpc) is 3.54. The van der Waals surface area contributed by atoms with Gasteiger partial charge in [0.1, 0.15) is 30.3 Å². The number of thiazole rings is 1. The van der Waals surface area contributed by atoms with Gasteiger partial charge in [-0.25, -0.2) is 27.8 Å². The van der Waals surface area contributed by atoms with E-state index in [0.29, 0.717) is 63.5 Å². The van der Waals surface area contributed by atoms with Crippen LogP contribution in [0.4, 0.5) is 15.9 Å². The van der Waals surface area contributed by atoms with Crippen molar-refractivity contribution in [3.8, 4) is 17.1 Å². The molecule has 0 spiro atoms. The lowest BCUT2D eigenvalue weighted by Crippen LogP contribution is -2.25. The van der Waals surface area contributed by atoms with Crippen LogP contribution in [-0.4, -0.2) is 47.2 Å². The van der Waals surface area contributed by atoms with E-state index in [4.69, 9.17) is 21.3 Å². The van der Waals surface area contributed by atoms with Crippen molar-refractivity contribution in [2.45, 2.75) is 17.9 Å². The maximum Gasteiger partial charge on any atom is 0.179 e. The summed E-state index contributed by atoms with van der Waals surface area (Å²) in [7, 11) is -3.32. The highest BCUT2D eigenvalue weighted by Crippen LogP contribution is 2.32. The zero-order valence-electron chi connectivity index (χ0n) is 24.4. The van der Waals surface area contributed by atoms with Crippen LogP contribution >= 0.6 is 22.9 Å². The fourth-order valence-corrected chi connectivity index (χ4v) is 6.88. The van der Waals surface area contributed by atoms with Gasteiger partial charge in [0.25, 0.3) is 0 Å². The molecule has 46 heavy (non-hydrogen) atoms. The number of pyridine rings is 1. The first-order chi connectivity index (χ1) is 22.3. The van der Waals surface area contributed by atoms with Crippen molar-refractivity contribution < 1.29 is 17.5 Å². The third kappa shape index (κ3) is 7.83. The molecule has 3 heterocycles. The molecule has 3 aromatic carbocycles. The van der Waals surface area contributed by atoms with E-state index >= 15 is 0 Å². The van der Waals surface area contributed by atoms with Gasteiger partial charge in [0, 0.05) is 36.0 Å². The minimum atomic E-state index is -3.32. The van der Waals surface area contributed by atoms with E-state index in [9.17, 15) is 12.8 Å². The standard InChI is InChI=1S/C33H28ClFN6O3S2/c34-27-16-24(9-10-31(27)44-19-22-5-4-6-23(35)15-22)40-33-26-17-28(37-18-29(26)38-21-39-33)30-20-45-32(41-30)11-12-36-13-14-46(42,43)25-7-2-1-3-8-25/h1-10,15-18,20-21,36H,11-14,19H2,(H,38,39,40). The molecular formula is C33H28ClFN6O3S2. The van der Waals surface area contributed by atoms with Crippen molar-refractivity contribution in [2.75, 3.05) is 24.2 Å². The number of anilines is 2. The van der Waals surface area contributed by atoms with Gasteiger partial charge in [-0.3, -0.25) is 4.98 Å². The smallest absolute Gasteiger partial charge is 0.179 e. The molecule has 13 heteroatoms. The monoisotopic (exact) mass is 674 g/mol. The first-order valence-electron chi connectivity index (χ1n) is 14.3. The second kappa shape index (κ2) is 14.3. The Morgan fingerprint density at radius 3 is 2.61 bits per heavy atom. The van der Waals surface area contributed by atoms with Gasteiger partial charge in [0.15, 0.2) is 9.84 Å². The first kappa shape index (κ1) is 31.5. The van der Waals surface area contributed by atoms with Crippen molar-refractivity contribution in [1.29, 1.82) is 0 Å². The molecule has 0 saturated heterocycles. The minimum absolute atomic E-state index is 0.0281. The van der Waals surface area contributed by atoms with E-state index in [-0.39, 0.29) is 18.2 Å². The summed E-state index contributed by atoms with van der Waals surface area (Å²) >= 11 is 8.02. The summed E-state index contributed by atoms with van der Waals surface area (Å²) in [4.78, 5) is 18.4. The minimum Gasteiger partial charge on any atom is -0.487 e. The van der Waals surface area contributed by atoms with Crippen molar-refractivity contribution in [1.82, 2.24) is 25.3 Å². The molecule has 0 unspecified atom stereocenters. The van der Waals surface area contributed by atoms with Crippen LogP contribution < -0.4 is 15.4 Å². The molecule has 6 rings (SSSR count). The van der Waals surface area contributed by atoms with Gasteiger partial charge in [-0.2, -0.15) is 0 Å². The number of nitrogens with one attached hydrogen (secondary N) is 2.